The number of aryl methyl sites for hydroxylation is 1. The number of alkyl halides is 3. The van der Waals surface area contributed by atoms with Crippen LogP contribution in [0.1, 0.15) is 27.6 Å². The Hall–Kier alpha value is -0.850. The lowest BCUT2D eigenvalue weighted by molar-refractivity contribution is -0.138. The first-order valence-electron chi connectivity index (χ1n) is 5.92. The summed E-state index contributed by atoms with van der Waals surface area (Å²) in [5.74, 6) is 0. The van der Waals surface area contributed by atoms with Gasteiger partial charge in [-0.25, -0.2) is 0 Å². The summed E-state index contributed by atoms with van der Waals surface area (Å²) in [7, 11) is 1.75. The summed E-state index contributed by atoms with van der Waals surface area (Å²) in [5, 5.41) is 5.03. The summed E-state index contributed by atoms with van der Waals surface area (Å²) in [6.45, 7) is 1.96. The van der Waals surface area contributed by atoms with Crippen LogP contribution in [0.5, 0.6) is 0 Å². The molecule has 0 fully saturated rings. The fourth-order valence-electron chi connectivity index (χ4n) is 2.07. The molecule has 0 radical (unpaired) electrons. The molecule has 6 heteroatoms. The zero-order chi connectivity index (χ0) is 14.9. The second-order valence-corrected chi connectivity index (χ2v) is 6.23. The zero-order valence-corrected chi connectivity index (χ0v) is 13.3. The van der Waals surface area contributed by atoms with Gasteiger partial charge in [0.1, 0.15) is 0 Å². The molecule has 0 saturated heterocycles. The van der Waals surface area contributed by atoms with Crippen molar-refractivity contribution in [2.24, 2.45) is 0 Å². The van der Waals surface area contributed by atoms with Crippen LogP contribution in [0.3, 0.4) is 0 Å². The Morgan fingerprint density at radius 2 is 1.95 bits per heavy atom. The SMILES string of the molecule is CNC(c1ccc(Br)c(C(F)(F)F)c1)c1sccc1C. The van der Waals surface area contributed by atoms with E-state index >= 15 is 0 Å². The minimum Gasteiger partial charge on any atom is -0.309 e. The van der Waals surface area contributed by atoms with Gasteiger partial charge in [0.15, 0.2) is 0 Å². The van der Waals surface area contributed by atoms with E-state index in [9.17, 15) is 13.2 Å². The Labute approximate surface area is 128 Å². The maximum absolute atomic E-state index is 13.0. The number of nitrogens with one attached hydrogen (secondary N) is 1. The first-order valence-corrected chi connectivity index (χ1v) is 7.59. The lowest BCUT2D eigenvalue weighted by Gasteiger charge is -2.19. The second-order valence-electron chi connectivity index (χ2n) is 4.43. The fourth-order valence-corrected chi connectivity index (χ4v) is 3.60. The summed E-state index contributed by atoms with van der Waals surface area (Å²) >= 11 is 4.50. The Kier molecular flexibility index (Phi) is 4.56. The molecular formula is C14H13BrF3NS. The molecule has 0 aliphatic heterocycles. The van der Waals surface area contributed by atoms with Crippen molar-refractivity contribution >= 4 is 27.3 Å². The van der Waals surface area contributed by atoms with Crippen LogP contribution in [0, 0.1) is 6.92 Å². The Balaban J connectivity index is 2.49. The highest BCUT2D eigenvalue weighted by molar-refractivity contribution is 9.10. The van der Waals surface area contributed by atoms with Crippen molar-refractivity contribution in [1.82, 2.24) is 5.32 Å². The van der Waals surface area contributed by atoms with Crippen LogP contribution in [0.4, 0.5) is 13.2 Å². The van der Waals surface area contributed by atoms with Gasteiger partial charge in [0.2, 0.25) is 0 Å². The number of rotatable bonds is 3. The van der Waals surface area contributed by atoms with Gasteiger partial charge in [-0.15, -0.1) is 11.3 Å². The highest BCUT2D eigenvalue weighted by atomic mass is 79.9. The Bertz CT molecular complexity index is 607. The van der Waals surface area contributed by atoms with Gasteiger partial charge in [-0.3, -0.25) is 0 Å². The molecule has 0 aliphatic carbocycles. The standard InChI is InChI=1S/C14H13BrF3NS/c1-8-5-6-20-13(8)12(19-2)9-3-4-11(15)10(7-9)14(16,17)18/h3-7,12,19H,1-2H3. The third kappa shape index (κ3) is 3.07. The van der Waals surface area contributed by atoms with Crippen LogP contribution in [0.2, 0.25) is 0 Å². The third-order valence-corrected chi connectivity index (χ3v) is 4.86. The Morgan fingerprint density at radius 1 is 1.25 bits per heavy atom. The van der Waals surface area contributed by atoms with E-state index in [1.54, 1.807) is 13.1 Å². The molecule has 0 saturated carbocycles. The van der Waals surface area contributed by atoms with Gasteiger partial charge in [-0.05, 0) is 48.7 Å². The molecule has 2 aromatic rings. The highest BCUT2D eigenvalue weighted by Gasteiger charge is 2.33. The maximum atomic E-state index is 13.0. The molecule has 1 heterocycles. The van der Waals surface area contributed by atoms with E-state index in [1.807, 2.05) is 18.4 Å². The molecule has 20 heavy (non-hydrogen) atoms. The van der Waals surface area contributed by atoms with Crippen molar-refractivity contribution in [3.8, 4) is 0 Å². The van der Waals surface area contributed by atoms with Gasteiger partial charge in [0, 0.05) is 9.35 Å². The fraction of sp³-hybridized carbons (Fsp3) is 0.286. The summed E-state index contributed by atoms with van der Waals surface area (Å²) in [4.78, 5) is 1.03. The van der Waals surface area contributed by atoms with Gasteiger partial charge in [-0.2, -0.15) is 13.2 Å². The molecular weight excluding hydrogens is 351 g/mol. The molecule has 0 spiro atoms. The topological polar surface area (TPSA) is 12.0 Å². The van der Waals surface area contributed by atoms with E-state index in [0.717, 1.165) is 10.4 Å². The minimum atomic E-state index is -4.36. The molecule has 0 amide bonds. The quantitative estimate of drug-likeness (QED) is 0.795. The van der Waals surface area contributed by atoms with Crippen molar-refractivity contribution in [2.45, 2.75) is 19.1 Å². The van der Waals surface area contributed by atoms with Gasteiger partial charge in [-0.1, -0.05) is 22.0 Å². The molecule has 1 aromatic heterocycles. The lowest BCUT2D eigenvalue weighted by atomic mass is 10.0. The monoisotopic (exact) mass is 363 g/mol. The van der Waals surface area contributed by atoms with E-state index in [0.29, 0.717) is 5.56 Å². The molecule has 0 bridgehead atoms. The average Bonchev–Trinajstić information content (AvgIpc) is 2.77. The van der Waals surface area contributed by atoms with Crippen LogP contribution in [0.25, 0.3) is 0 Å². The summed E-state index contributed by atoms with van der Waals surface area (Å²) in [6.07, 6.45) is -4.36. The molecule has 1 N–H and O–H groups in total. The van der Waals surface area contributed by atoms with Gasteiger partial charge >= 0.3 is 6.18 Å². The van der Waals surface area contributed by atoms with Crippen LogP contribution in [-0.4, -0.2) is 7.05 Å². The summed E-state index contributed by atoms with van der Waals surface area (Å²) in [5.41, 5.74) is 1.03. The minimum absolute atomic E-state index is 0.0616. The zero-order valence-electron chi connectivity index (χ0n) is 10.9. The highest BCUT2D eigenvalue weighted by Crippen LogP contribution is 2.38. The summed E-state index contributed by atoms with van der Waals surface area (Å²) < 4.78 is 39.0. The molecule has 1 unspecified atom stereocenters. The van der Waals surface area contributed by atoms with E-state index < -0.39 is 11.7 Å². The van der Waals surface area contributed by atoms with Gasteiger partial charge < -0.3 is 5.32 Å². The third-order valence-electron chi connectivity index (χ3n) is 3.08. The average molecular weight is 364 g/mol. The smallest absolute Gasteiger partial charge is 0.309 e. The Morgan fingerprint density at radius 3 is 2.45 bits per heavy atom. The van der Waals surface area contributed by atoms with E-state index in [1.165, 1.54) is 23.5 Å². The molecule has 108 valence electrons. The maximum Gasteiger partial charge on any atom is 0.417 e. The predicted octanol–water partition coefficient (Wildman–Crippen LogP) is 5.15. The van der Waals surface area contributed by atoms with E-state index in [2.05, 4.69) is 21.2 Å². The molecule has 0 aliphatic rings. The normalized spacial score (nSPS) is 13.5. The lowest BCUT2D eigenvalue weighted by Crippen LogP contribution is -2.18. The molecule has 1 atom stereocenters. The molecule has 1 aromatic carbocycles. The van der Waals surface area contributed by atoms with Crippen LogP contribution in [0.15, 0.2) is 34.1 Å². The van der Waals surface area contributed by atoms with E-state index in [4.69, 9.17) is 0 Å². The number of hydrogen-bond acceptors (Lipinski definition) is 2. The molecule has 1 nitrogen and oxygen atoms in total. The van der Waals surface area contributed by atoms with Gasteiger partial charge in [0.05, 0.1) is 11.6 Å². The number of hydrogen-bond donors (Lipinski definition) is 1. The first kappa shape index (κ1) is 15.5. The van der Waals surface area contributed by atoms with Gasteiger partial charge in [0.25, 0.3) is 0 Å². The first-order chi connectivity index (χ1) is 9.34. The second kappa shape index (κ2) is 5.87. The van der Waals surface area contributed by atoms with Crippen LogP contribution >= 0.6 is 27.3 Å². The number of thiophene rings is 1. The van der Waals surface area contributed by atoms with Crippen molar-refractivity contribution in [2.75, 3.05) is 7.05 Å². The molecule has 2 rings (SSSR count). The number of halogens is 4. The van der Waals surface area contributed by atoms with Crippen molar-refractivity contribution in [3.63, 3.8) is 0 Å². The van der Waals surface area contributed by atoms with Crippen LogP contribution < -0.4 is 5.32 Å². The predicted molar refractivity (Wildman–Crippen MR) is 79.1 cm³/mol. The van der Waals surface area contributed by atoms with Crippen molar-refractivity contribution in [1.29, 1.82) is 0 Å². The van der Waals surface area contributed by atoms with Crippen molar-refractivity contribution < 1.29 is 13.2 Å². The van der Waals surface area contributed by atoms with E-state index in [-0.39, 0.29) is 10.5 Å². The number of benzene rings is 1. The van der Waals surface area contributed by atoms with Crippen LogP contribution in [-0.2, 0) is 6.18 Å². The summed E-state index contributed by atoms with van der Waals surface area (Å²) in [6, 6.07) is 6.09. The largest absolute Gasteiger partial charge is 0.417 e. The van der Waals surface area contributed by atoms with Crippen molar-refractivity contribution in [3.05, 3.63) is 55.7 Å².